The van der Waals surface area contributed by atoms with Crippen molar-refractivity contribution < 1.29 is 9.59 Å². The van der Waals surface area contributed by atoms with Gasteiger partial charge in [0.1, 0.15) is 0 Å². The fourth-order valence-corrected chi connectivity index (χ4v) is 9.60. The van der Waals surface area contributed by atoms with Crippen molar-refractivity contribution in [2.24, 2.45) is 46.3 Å². The lowest BCUT2D eigenvalue weighted by molar-refractivity contribution is -0.179. The Balaban J connectivity index is 1.12. The molecule has 186 valence electrons. The van der Waals surface area contributed by atoms with Crippen molar-refractivity contribution in [2.45, 2.75) is 136 Å². The molecule has 0 atom stereocenters. The number of carbonyl (C=O) groups excluding carboxylic acids is 2. The lowest BCUT2D eigenvalue weighted by Crippen LogP contribution is -2.68. The smallest absolute Gasteiger partial charge is 0.159 e. The zero-order chi connectivity index (χ0) is 23.1. The SMILES string of the molecule is CCCC1CCC(C2CCC3(CC2)C(=O)C2(CCC(C4CCC(CC)CC4)CC2)C3=O)CC1. The Morgan fingerprint density at radius 3 is 1.27 bits per heavy atom. The van der Waals surface area contributed by atoms with E-state index in [1.54, 1.807) is 0 Å². The lowest BCUT2D eigenvalue weighted by atomic mass is 9.41. The number of hydrogen-bond donors (Lipinski definition) is 0. The maximum atomic E-state index is 13.7. The van der Waals surface area contributed by atoms with E-state index < -0.39 is 10.8 Å². The summed E-state index contributed by atoms with van der Waals surface area (Å²) in [7, 11) is 0. The van der Waals surface area contributed by atoms with Gasteiger partial charge >= 0.3 is 0 Å². The molecule has 0 aromatic carbocycles. The van der Waals surface area contributed by atoms with Crippen LogP contribution in [-0.4, -0.2) is 11.6 Å². The van der Waals surface area contributed by atoms with Crippen LogP contribution in [0.2, 0.25) is 0 Å². The summed E-state index contributed by atoms with van der Waals surface area (Å²) in [6.45, 7) is 4.65. The number of rotatable bonds is 5. The molecule has 5 aliphatic carbocycles. The van der Waals surface area contributed by atoms with E-state index in [1.165, 1.54) is 70.6 Å². The largest absolute Gasteiger partial charge is 0.297 e. The van der Waals surface area contributed by atoms with Crippen LogP contribution in [-0.2, 0) is 9.59 Å². The Kier molecular flexibility index (Phi) is 7.12. The third-order valence-corrected chi connectivity index (χ3v) is 11.9. The Labute approximate surface area is 203 Å². The Bertz CT molecular complexity index is 670. The minimum absolute atomic E-state index is 0.401. The van der Waals surface area contributed by atoms with Gasteiger partial charge in [0.05, 0.1) is 10.8 Å². The van der Waals surface area contributed by atoms with Gasteiger partial charge in [-0.2, -0.15) is 0 Å². The van der Waals surface area contributed by atoms with Gasteiger partial charge in [-0.15, -0.1) is 0 Å². The first-order valence-corrected chi connectivity index (χ1v) is 15.1. The van der Waals surface area contributed by atoms with Crippen molar-refractivity contribution in [3.8, 4) is 0 Å². The van der Waals surface area contributed by atoms with Crippen LogP contribution in [0.25, 0.3) is 0 Å². The standard InChI is InChI=1S/C31H50O2/c1-3-5-23-8-12-25(13-9-23)27-16-20-31(21-17-27)28(32)30(29(31)33)18-14-26(15-19-30)24-10-6-22(4-2)7-11-24/h22-27H,3-21H2,1-2H3. The van der Waals surface area contributed by atoms with Gasteiger partial charge in [0.2, 0.25) is 0 Å². The molecular formula is C31H50O2. The van der Waals surface area contributed by atoms with Crippen LogP contribution in [0.1, 0.15) is 136 Å². The van der Waals surface area contributed by atoms with Gasteiger partial charge in [-0.3, -0.25) is 9.59 Å². The van der Waals surface area contributed by atoms with Crippen LogP contribution in [0, 0.1) is 46.3 Å². The van der Waals surface area contributed by atoms with E-state index in [9.17, 15) is 9.59 Å². The van der Waals surface area contributed by atoms with E-state index in [4.69, 9.17) is 0 Å². The predicted molar refractivity (Wildman–Crippen MR) is 135 cm³/mol. The van der Waals surface area contributed by atoms with E-state index in [1.807, 2.05) is 0 Å². The molecule has 33 heavy (non-hydrogen) atoms. The molecular weight excluding hydrogens is 404 g/mol. The molecule has 2 heteroatoms. The highest BCUT2D eigenvalue weighted by molar-refractivity contribution is 6.30. The average molecular weight is 455 g/mol. The number of carbonyl (C=O) groups is 2. The zero-order valence-electron chi connectivity index (χ0n) is 21.7. The van der Waals surface area contributed by atoms with Crippen LogP contribution in [0.4, 0.5) is 0 Å². The molecule has 0 aromatic heterocycles. The molecule has 0 unspecified atom stereocenters. The zero-order valence-corrected chi connectivity index (χ0v) is 21.7. The molecule has 0 amide bonds. The number of Topliss-reactive ketones (excluding diaryl/α,β-unsaturated/α-hetero) is 2. The topological polar surface area (TPSA) is 34.1 Å². The summed E-state index contributed by atoms with van der Waals surface area (Å²) in [6, 6.07) is 0. The van der Waals surface area contributed by atoms with Crippen LogP contribution in [0.15, 0.2) is 0 Å². The highest BCUT2D eigenvalue weighted by Crippen LogP contribution is 2.62. The minimum Gasteiger partial charge on any atom is -0.297 e. The highest BCUT2D eigenvalue weighted by atomic mass is 16.2. The Morgan fingerprint density at radius 2 is 0.909 bits per heavy atom. The molecule has 5 fully saturated rings. The van der Waals surface area contributed by atoms with Crippen LogP contribution in [0.3, 0.4) is 0 Å². The van der Waals surface area contributed by atoms with Crippen LogP contribution in [0.5, 0.6) is 0 Å². The van der Waals surface area contributed by atoms with Gasteiger partial charge in [-0.05, 0) is 113 Å². The molecule has 2 nitrogen and oxygen atoms in total. The summed E-state index contributed by atoms with van der Waals surface area (Å²) in [6.07, 6.45) is 23.4. The summed E-state index contributed by atoms with van der Waals surface area (Å²) < 4.78 is 0. The fraction of sp³-hybridized carbons (Fsp3) is 0.935. The van der Waals surface area contributed by atoms with E-state index in [2.05, 4.69) is 13.8 Å². The normalized spacial score (nSPS) is 46.5. The van der Waals surface area contributed by atoms with Crippen molar-refractivity contribution in [1.82, 2.24) is 0 Å². The monoisotopic (exact) mass is 454 g/mol. The quantitative estimate of drug-likeness (QED) is 0.391. The van der Waals surface area contributed by atoms with E-state index in [0.29, 0.717) is 11.6 Å². The summed E-state index contributed by atoms with van der Waals surface area (Å²) in [4.78, 5) is 27.3. The lowest BCUT2D eigenvalue weighted by Gasteiger charge is -2.58. The van der Waals surface area contributed by atoms with Crippen molar-refractivity contribution in [3.63, 3.8) is 0 Å². The molecule has 0 N–H and O–H groups in total. The van der Waals surface area contributed by atoms with Crippen LogP contribution < -0.4 is 0 Å². The summed E-state index contributed by atoms with van der Waals surface area (Å²) in [5.41, 5.74) is -1.08. The molecule has 2 spiro atoms. The first-order valence-electron chi connectivity index (χ1n) is 15.1. The van der Waals surface area contributed by atoms with Gasteiger partial charge in [0, 0.05) is 0 Å². The second kappa shape index (κ2) is 9.77. The first kappa shape index (κ1) is 24.1. The van der Waals surface area contributed by atoms with Crippen LogP contribution >= 0.6 is 0 Å². The second-order valence-corrected chi connectivity index (χ2v) is 13.3. The predicted octanol–water partition coefficient (Wildman–Crippen LogP) is 8.31. The van der Waals surface area contributed by atoms with Crippen molar-refractivity contribution in [3.05, 3.63) is 0 Å². The molecule has 5 saturated carbocycles. The summed E-state index contributed by atoms with van der Waals surface area (Å²) >= 11 is 0. The highest BCUT2D eigenvalue weighted by Gasteiger charge is 2.71. The van der Waals surface area contributed by atoms with E-state index in [0.717, 1.165) is 86.9 Å². The van der Waals surface area contributed by atoms with Gasteiger partial charge in [-0.1, -0.05) is 58.8 Å². The Morgan fingerprint density at radius 1 is 0.545 bits per heavy atom. The maximum Gasteiger partial charge on any atom is 0.159 e. The van der Waals surface area contributed by atoms with Gasteiger partial charge in [0.15, 0.2) is 11.6 Å². The van der Waals surface area contributed by atoms with E-state index >= 15 is 0 Å². The molecule has 5 rings (SSSR count). The molecule has 0 aliphatic heterocycles. The summed E-state index contributed by atoms with van der Waals surface area (Å²) in [5.74, 6) is 6.02. The molecule has 5 aliphatic rings. The molecule has 0 aromatic rings. The van der Waals surface area contributed by atoms with Crippen molar-refractivity contribution in [1.29, 1.82) is 0 Å². The maximum absolute atomic E-state index is 13.7. The summed E-state index contributed by atoms with van der Waals surface area (Å²) in [5, 5.41) is 0. The molecule has 0 radical (unpaired) electrons. The van der Waals surface area contributed by atoms with Gasteiger partial charge < -0.3 is 0 Å². The molecule has 0 saturated heterocycles. The second-order valence-electron chi connectivity index (χ2n) is 13.3. The van der Waals surface area contributed by atoms with Crippen molar-refractivity contribution in [2.75, 3.05) is 0 Å². The van der Waals surface area contributed by atoms with Gasteiger partial charge in [0.25, 0.3) is 0 Å². The molecule has 0 bridgehead atoms. The van der Waals surface area contributed by atoms with Gasteiger partial charge in [-0.25, -0.2) is 0 Å². The van der Waals surface area contributed by atoms with E-state index in [-0.39, 0.29) is 0 Å². The fourth-order valence-electron chi connectivity index (χ4n) is 9.60. The van der Waals surface area contributed by atoms with Crippen molar-refractivity contribution >= 4 is 11.6 Å². The third kappa shape index (κ3) is 4.18. The first-order chi connectivity index (χ1) is 16.0. The molecule has 0 heterocycles. The third-order valence-electron chi connectivity index (χ3n) is 11.9. The minimum atomic E-state index is -0.540. The Hall–Kier alpha value is -0.660. The number of ketones is 2. The average Bonchev–Trinajstić information content (AvgIpc) is 2.89. The number of hydrogen-bond acceptors (Lipinski definition) is 2.